The average molecular weight is 294 g/mol. The van der Waals surface area contributed by atoms with Crippen LogP contribution in [0.2, 0.25) is 0 Å². The van der Waals surface area contributed by atoms with Gasteiger partial charge in [-0.3, -0.25) is 4.79 Å². The topological polar surface area (TPSA) is 89.3 Å². The van der Waals surface area contributed by atoms with Crippen molar-refractivity contribution in [2.45, 2.75) is 39.7 Å². The van der Waals surface area contributed by atoms with Crippen LogP contribution in [0.15, 0.2) is 12.1 Å². The number of nitrogens with zero attached hydrogens (tertiary/aromatic N) is 1. The molecule has 0 fully saturated rings. The van der Waals surface area contributed by atoms with Gasteiger partial charge in [0.25, 0.3) is 5.91 Å². The molecule has 0 aliphatic heterocycles. The van der Waals surface area contributed by atoms with Crippen molar-refractivity contribution in [3.05, 3.63) is 23.4 Å². The molecule has 1 atom stereocenters. The van der Waals surface area contributed by atoms with E-state index in [-0.39, 0.29) is 17.9 Å². The second-order valence-corrected chi connectivity index (χ2v) is 5.41. The Morgan fingerprint density at radius 3 is 2.67 bits per heavy atom. The number of hydrogen-bond acceptors (Lipinski definition) is 5. The summed E-state index contributed by atoms with van der Waals surface area (Å²) in [5.74, 6) is 6.07. The summed E-state index contributed by atoms with van der Waals surface area (Å²) in [5, 5.41) is 2.99. The molecule has 0 spiro atoms. The lowest BCUT2D eigenvalue weighted by Gasteiger charge is -2.21. The first-order valence-corrected chi connectivity index (χ1v) is 7.29. The molecule has 0 saturated carbocycles. The molecule has 0 aliphatic rings. The summed E-state index contributed by atoms with van der Waals surface area (Å²) in [4.78, 5) is 16.7. The highest BCUT2D eigenvalue weighted by atomic mass is 16.5. The number of rotatable bonds is 8. The number of carbonyl (C=O) groups is 1. The molecule has 1 aromatic rings. The fourth-order valence-corrected chi connectivity index (χ4v) is 2.01. The molecule has 1 heterocycles. The van der Waals surface area contributed by atoms with E-state index in [9.17, 15) is 4.79 Å². The molecule has 1 rings (SSSR count). The quantitative estimate of drug-likeness (QED) is 0.502. The Morgan fingerprint density at radius 1 is 1.43 bits per heavy atom. The van der Waals surface area contributed by atoms with Gasteiger partial charge in [-0.2, -0.15) is 0 Å². The Hall–Kier alpha value is -1.66. The normalized spacial score (nSPS) is 12.3. The predicted molar refractivity (Wildman–Crippen MR) is 84.0 cm³/mol. The van der Waals surface area contributed by atoms with Crippen molar-refractivity contribution in [1.82, 2.24) is 10.3 Å². The molecule has 4 N–H and O–H groups in total. The number of hydrazine groups is 1. The van der Waals surface area contributed by atoms with Crippen LogP contribution in [0.1, 0.15) is 43.2 Å². The number of hydrogen-bond donors (Lipinski definition) is 3. The third kappa shape index (κ3) is 5.32. The molecular formula is C15H26N4O2. The second kappa shape index (κ2) is 8.59. The Kier molecular flexibility index (Phi) is 7.11. The number of aromatic nitrogens is 1. The van der Waals surface area contributed by atoms with Gasteiger partial charge in [0.1, 0.15) is 5.82 Å². The van der Waals surface area contributed by atoms with E-state index >= 15 is 0 Å². The van der Waals surface area contributed by atoms with Crippen LogP contribution in [0.25, 0.3) is 0 Å². The SMILES string of the molecule is CCCc1cc(C(=O)NC(COC)C(C)C)cc(NN)n1. The third-order valence-corrected chi connectivity index (χ3v) is 3.26. The van der Waals surface area contributed by atoms with Crippen LogP contribution in [0.4, 0.5) is 5.82 Å². The molecule has 6 nitrogen and oxygen atoms in total. The Morgan fingerprint density at radius 2 is 2.14 bits per heavy atom. The number of anilines is 1. The van der Waals surface area contributed by atoms with Gasteiger partial charge < -0.3 is 15.5 Å². The van der Waals surface area contributed by atoms with Crippen molar-refractivity contribution < 1.29 is 9.53 Å². The maximum atomic E-state index is 12.4. The van der Waals surface area contributed by atoms with E-state index in [4.69, 9.17) is 10.6 Å². The number of ether oxygens (including phenoxy) is 1. The van der Waals surface area contributed by atoms with E-state index in [1.165, 1.54) is 0 Å². The highest BCUT2D eigenvalue weighted by Gasteiger charge is 2.18. The van der Waals surface area contributed by atoms with E-state index in [1.54, 1.807) is 13.2 Å². The smallest absolute Gasteiger partial charge is 0.251 e. The lowest BCUT2D eigenvalue weighted by atomic mass is 10.0. The first-order chi connectivity index (χ1) is 10.0. The fraction of sp³-hybridized carbons (Fsp3) is 0.600. The molecule has 1 unspecified atom stereocenters. The number of pyridine rings is 1. The van der Waals surface area contributed by atoms with Crippen LogP contribution in [0.5, 0.6) is 0 Å². The second-order valence-electron chi connectivity index (χ2n) is 5.41. The lowest BCUT2D eigenvalue weighted by Crippen LogP contribution is -2.41. The predicted octanol–water partition coefficient (Wildman–Crippen LogP) is 1.72. The van der Waals surface area contributed by atoms with Crippen LogP contribution in [-0.2, 0) is 11.2 Å². The van der Waals surface area contributed by atoms with Crippen molar-refractivity contribution in [3.8, 4) is 0 Å². The van der Waals surface area contributed by atoms with E-state index in [2.05, 4.69) is 22.7 Å². The van der Waals surface area contributed by atoms with E-state index < -0.39 is 0 Å². The van der Waals surface area contributed by atoms with Crippen molar-refractivity contribution in [2.75, 3.05) is 19.1 Å². The fourth-order valence-electron chi connectivity index (χ4n) is 2.01. The molecule has 1 amide bonds. The minimum atomic E-state index is -0.137. The van der Waals surface area contributed by atoms with Crippen LogP contribution in [0.3, 0.4) is 0 Å². The molecule has 21 heavy (non-hydrogen) atoms. The number of nitrogens with two attached hydrogens (primary N) is 1. The molecule has 118 valence electrons. The Bertz CT molecular complexity index is 463. The molecule has 1 aromatic heterocycles. The van der Waals surface area contributed by atoms with Crippen LogP contribution >= 0.6 is 0 Å². The summed E-state index contributed by atoms with van der Waals surface area (Å²) < 4.78 is 5.15. The number of aryl methyl sites for hydroxylation is 1. The van der Waals surface area contributed by atoms with Gasteiger partial charge in [0, 0.05) is 18.4 Å². The number of methoxy groups -OCH3 is 1. The van der Waals surface area contributed by atoms with Gasteiger partial charge in [-0.1, -0.05) is 27.2 Å². The number of nitrogens with one attached hydrogen (secondary N) is 2. The highest BCUT2D eigenvalue weighted by Crippen LogP contribution is 2.12. The van der Waals surface area contributed by atoms with Crippen molar-refractivity contribution in [1.29, 1.82) is 0 Å². The van der Waals surface area contributed by atoms with Crippen LogP contribution in [-0.4, -0.2) is 30.6 Å². The zero-order chi connectivity index (χ0) is 15.8. The van der Waals surface area contributed by atoms with E-state index in [1.807, 2.05) is 19.9 Å². The average Bonchev–Trinajstić information content (AvgIpc) is 2.46. The zero-order valence-electron chi connectivity index (χ0n) is 13.3. The van der Waals surface area contributed by atoms with Gasteiger partial charge in [-0.05, 0) is 24.5 Å². The Balaban J connectivity index is 2.92. The van der Waals surface area contributed by atoms with Gasteiger partial charge in [0.15, 0.2) is 0 Å². The molecule has 0 aliphatic carbocycles. The lowest BCUT2D eigenvalue weighted by molar-refractivity contribution is 0.0866. The summed E-state index contributed by atoms with van der Waals surface area (Å²) >= 11 is 0. The number of carbonyl (C=O) groups excluding carboxylic acids is 1. The summed E-state index contributed by atoms with van der Waals surface area (Å²) in [6.45, 7) is 6.65. The summed E-state index contributed by atoms with van der Waals surface area (Å²) in [6.07, 6.45) is 1.77. The van der Waals surface area contributed by atoms with Crippen molar-refractivity contribution in [3.63, 3.8) is 0 Å². The van der Waals surface area contributed by atoms with Gasteiger partial charge in [0.05, 0.1) is 12.6 Å². The first-order valence-electron chi connectivity index (χ1n) is 7.29. The van der Waals surface area contributed by atoms with E-state index in [0.29, 0.717) is 18.0 Å². The van der Waals surface area contributed by atoms with Crippen LogP contribution < -0.4 is 16.6 Å². The third-order valence-electron chi connectivity index (χ3n) is 3.26. The van der Waals surface area contributed by atoms with Gasteiger partial charge in [-0.15, -0.1) is 0 Å². The maximum Gasteiger partial charge on any atom is 0.251 e. The van der Waals surface area contributed by atoms with Gasteiger partial charge in [-0.25, -0.2) is 10.8 Å². The Labute approximate surface area is 126 Å². The monoisotopic (exact) mass is 294 g/mol. The zero-order valence-corrected chi connectivity index (χ0v) is 13.3. The molecule has 0 saturated heterocycles. The van der Waals surface area contributed by atoms with Gasteiger partial charge in [0.2, 0.25) is 0 Å². The summed E-state index contributed by atoms with van der Waals surface area (Å²) in [6, 6.07) is 3.43. The first kappa shape index (κ1) is 17.4. The summed E-state index contributed by atoms with van der Waals surface area (Å²) in [7, 11) is 1.63. The van der Waals surface area contributed by atoms with Crippen molar-refractivity contribution in [2.24, 2.45) is 11.8 Å². The minimum absolute atomic E-state index is 0.0282. The maximum absolute atomic E-state index is 12.4. The van der Waals surface area contributed by atoms with Crippen molar-refractivity contribution >= 4 is 11.7 Å². The largest absolute Gasteiger partial charge is 0.383 e. The molecule has 0 bridgehead atoms. The standard InChI is InChI=1S/C15H26N4O2/c1-5-6-12-7-11(8-14(17-12)19-16)15(20)18-13(9-21-4)10(2)3/h7-8,10,13H,5-6,9,16H2,1-4H3,(H,17,19)(H,18,20). The molecular weight excluding hydrogens is 268 g/mol. The molecule has 0 aromatic carbocycles. The molecule has 6 heteroatoms. The van der Waals surface area contributed by atoms with Crippen LogP contribution in [0, 0.1) is 5.92 Å². The molecule has 0 radical (unpaired) electrons. The van der Waals surface area contributed by atoms with Gasteiger partial charge >= 0.3 is 0 Å². The number of amides is 1. The highest BCUT2D eigenvalue weighted by molar-refractivity contribution is 5.95. The minimum Gasteiger partial charge on any atom is -0.383 e. The number of nitrogen functional groups attached to an aromatic ring is 1. The summed E-state index contributed by atoms with van der Waals surface area (Å²) in [5.41, 5.74) is 3.92. The van der Waals surface area contributed by atoms with E-state index in [0.717, 1.165) is 18.5 Å².